The van der Waals surface area contributed by atoms with Gasteiger partial charge in [-0.25, -0.2) is 0 Å². The van der Waals surface area contributed by atoms with Gasteiger partial charge < -0.3 is 9.53 Å². The predicted molar refractivity (Wildman–Crippen MR) is 96.7 cm³/mol. The molecule has 0 aromatic heterocycles. The zero-order valence-electron chi connectivity index (χ0n) is 16.1. The fraction of sp³-hybridized carbons (Fsp3) is 1.00. The lowest BCUT2D eigenvalue weighted by atomic mass is 9.69. The molecule has 0 saturated heterocycles. The number of hydrogen-bond donors (Lipinski definition) is 1. The molecule has 7 atom stereocenters. The van der Waals surface area contributed by atoms with E-state index in [1.807, 2.05) is 0 Å². The van der Waals surface area contributed by atoms with Crippen molar-refractivity contribution < 1.29 is 9.53 Å². The lowest BCUT2D eigenvalue weighted by Gasteiger charge is -2.43. The number of fused-ring (bicyclic) bond motifs is 2. The molecule has 0 unspecified atom stereocenters. The third-order valence-corrected chi connectivity index (χ3v) is 13.2. The molecule has 4 rings (SSSR count). The van der Waals surface area contributed by atoms with E-state index in [0.29, 0.717) is 29.3 Å². The molecule has 1 N–H and O–H groups in total. The molecule has 0 amide bonds. The molecule has 4 fully saturated rings. The van der Waals surface area contributed by atoms with Gasteiger partial charge in [0.05, 0.1) is 6.10 Å². The molecule has 4 saturated carbocycles. The second kappa shape index (κ2) is 4.45. The highest BCUT2D eigenvalue weighted by Crippen LogP contribution is 2.81. The van der Waals surface area contributed by atoms with Crippen LogP contribution in [0.25, 0.3) is 0 Å². The van der Waals surface area contributed by atoms with Crippen LogP contribution < -0.4 is 0 Å². The van der Waals surface area contributed by atoms with Gasteiger partial charge in [-0.3, -0.25) is 0 Å². The Morgan fingerprint density at radius 3 is 2.35 bits per heavy atom. The average Bonchev–Trinajstić information content (AvgIpc) is 2.68. The van der Waals surface area contributed by atoms with Gasteiger partial charge in [-0.2, -0.15) is 0 Å². The van der Waals surface area contributed by atoms with Gasteiger partial charge >= 0.3 is 0 Å². The van der Waals surface area contributed by atoms with Gasteiger partial charge in [0.25, 0.3) is 0 Å². The fourth-order valence-electron chi connectivity index (χ4n) is 6.86. The summed E-state index contributed by atoms with van der Waals surface area (Å²) in [5.74, 6) is 2.62. The van der Waals surface area contributed by atoms with Crippen molar-refractivity contribution in [1.29, 1.82) is 0 Å². The summed E-state index contributed by atoms with van der Waals surface area (Å²) in [6.07, 6.45) is 5.33. The first kappa shape index (κ1) is 16.6. The summed E-state index contributed by atoms with van der Waals surface area (Å²) in [5.41, 5.74) is 0.678. The number of aliphatic hydroxyl groups is 1. The molecule has 4 aliphatic rings. The molecule has 23 heavy (non-hydrogen) atoms. The van der Waals surface area contributed by atoms with E-state index >= 15 is 0 Å². The summed E-state index contributed by atoms with van der Waals surface area (Å²) in [6, 6.07) is 0. The van der Waals surface area contributed by atoms with Crippen LogP contribution in [0.5, 0.6) is 0 Å². The van der Waals surface area contributed by atoms with E-state index in [2.05, 4.69) is 47.7 Å². The van der Waals surface area contributed by atoms with Gasteiger partial charge in [0.15, 0.2) is 8.32 Å². The van der Waals surface area contributed by atoms with E-state index < -0.39 is 8.32 Å². The summed E-state index contributed by atoms with van der Waals surface area (Å²) in [4.78, 5) is 0. The van der Waals surface area contributed by atoms with Gasteiger partial charge in [-0.15, -0.1) is 0 Å². The Kier molecular flexibility index (Phi) is 3.21. The van der Waals surface area contributed by atoms with Crippen LogP contribution in [-0.4, -0.2) is 25.6 Å². The molecule has 3 heteroatoms. The molecule has 132 valence electrons. The highest BCUT2D eigenvalue weighted by Gasteiger charge is 2.79. The van der Waals surface area contributed by atoms with Crippen LogP contribution >= 0.6 is 0 Å². The lowest BCUT2D eigenvalue weighted by Crippen LogP contribution is -2.46. The van der Waals surface area contributed by atoms with E-state index in [0.717, 1.165) is 5.92 Å². The molecule has 0 bridgehead atoms. The van der Waals surface area contributed by atoms with Crippen molar-refractivity contribution >= 4 is 8.32 Å². The van der Waals surface area contributed by atoms with Crippen LogP contribution in [0.15, 0.2) is 0 Å². The summed E-state index contributed by atoms with van der Waals surface area (Å²) in [7, 11) is -1.73. The minimum atomic E-state index is -1.73. The first-order valence-corrected chi connectivity index (χ1v) is 12.7. The molecule has 0 heterocycles. The fourth-order valence-corrected chi connectivity index (χ4v) is 8.25. The van der Waals surface area contributed by atoms with Gasteiger partial charge in [0.1, 0.15) is 0 Å². The summed E-state index contributed by atoms with van der Waals surface area (Å²) < 4.78 is 6.92. The Labute approximate surface area is 143 Å². The summed E-state index contributed by atoms with van der Waals surface area (Å²) in [5, 5.41) is 11.4. The van der Waals surface area contributed by atoms with Gasteiger partial charge in [-0.1, -0.05) is 34.6 Å². The zero-order chi connectivity index (χ0) is 17.0. The monoisotopic (exact) mass is 336 g/mol. The number of aliphatic hydroxyl groups excluding tert-OH is 1. The molecule has 4 aliphatic carbocycles. The molecule has 1 spiro atoms. The number of rotatable bonds is 2. The Hall–Kier alpha value is 0.137. The average molecular weight is 337 g/mol. The van der Waals surface area contributed by atoms with Crippen molar-refractivity contribution in [3.05, 3.63) is 0 Å². The molecular weight excluding hydrogens is 300 g/mol. The van der Waals surface area contributed by atoms with Crippen LogP contribution in [0.3, 0.4) is 0 Å². The highest BCUT2D eigenvalue weighted by molar-refractivity contribution is 6.74. The van der Waals surface area contributed by atoms with Crippen molar-refractivity contribution in [1.82, 2.24) is 0 Å². The Morgan fingerprint density at radius 1 is 1.09 bits per heavy atom. The van der Waals surface area contributed by atoms with Crippen molar-refractivity contribution in [2.24, 2.45) is 34.5 Å². The molecule has 0 aliphatic heterocycles. The Bertz CT molecular complexity index is 520. The molecule has 0 aromatic carbocycles. The van der Waals surface area contributed by atoms with Crippen molar-refractivity contribution in [2.45, 2.75) is 90.6 Å². The van der Waals surface area contributed by atoms with E-state index in [9.17, 15) is 5.11 Å². The van der Waals surface area contributed by atoms with Crippen molar-refractivity contribution in [3.63, 3.8) is 0 Å². The molecule has 2 nitrogen and oxygen atoms in total. The quantitative estimate of drug-likeness (QED) is 0.732. The van der Waals surface area contributed by atoms with E-state index in [4.69, 9.17) is 4.43 Å². The second-order valence-corrected chi connectivity index (χ2v) is 16.1. The smallest absolute Gasteiger partial charge is 0.192 e. The van der Waals surface area contributed by atoms with Crippen LogP contribution in [0, 0.1) is 34.5 Å². The van der Waals surface area contributed by atoms with Crippen LogP contribution in [0.2, 0.25) is 18.1 Å². The first-order valence-electron chi connectivity index (χ1n) is 9.78. The lowest BCUT2D eigenvalue weighted by molar-refractivity contribution is 0.0437. The summed E-state index contributed by atoms with van der Waals surface area (Å²) >= 11 is 0. The molecular formula is C20H36O2Si. The predicted octanol–water partition coefficient (Wildman–Crippen LogP) is 4.83. The maximum atomic E-state index is 11.1. The largest absolute Gasteiger partial charge is 0.414 e. The normalized spacial score (nSPS) is 50.6. The van der Waals surface area contributed by atoms with E-state index in [1.165, 1.54) is 25.7 Å². The Morgan fingerprint density at radius 2 is 1.74 bits per heavy atom. The first-order chi connectivity index (χ1) is 10.4. The van der Waals surface area contributed by atoms with Crippen molar-refractivity contribution in [2.75, 3.05) is 0 Å². The highest BCUT2D eigenvalue weighted by atomic mass is 28.4. The van der Waals surface area contributed by atoms with Crippen LogP contribution in [0.1, 0.15) is 60.3 Å². The Balaban J connectivity index is 1.64. The number of hydrogen-bond acceptors (Lipinski definition) is 2. The zero-order valence-corrected chi connectivity index (χ0v) is 17.1. The van der Waals surface area contributed by atoms with Gasteiger partial charge in [0.2, 0.25) is 0 Å². The second-order valence-electron chi connectivity index (χ2n) is 11.4. The maximum absolute atomic E-state index is 11.1. The molecule has 0 aromatic rings. The van der Waals surface area contributed by atoms with Crippen LogP contribution in [0.4, 0.5) is 0 Å². The topological polar surface area (TPSA) is 29.5 Å². The molecule has 0 radical (unpaired) electrons. The van der Waals surface area contributed by atoms with Crippen molar-refractivity contribution in [3.8, 4) is 0 Å². The SMILES string of the molecule is CC1(C)C[C@H]2C[C@@]23[C@@H]1[C@H]1[C@H](CC[C@H]1O[Si](C)(C)C(C)(C)C)[C@@H]3O. The minimum Gasteiger partial charge on any atom is -0.414 e. The van der Waals surface area contributed by atoms with Crippen LogP contribution in [-0.2, 0) is 4.43 Å². The third-order valence-electron chi connectivity index (χ3n) is 8.69. The standard InChI is InChI=1S/C20H36O2Si/c1-18(2,3)23(6,7)22-14-9-8-13-15(14)16-19(4,5)10-12-11-20(12,16)17(13)21/h12-17,21H,8-11H2,1-7H3/t12-,13-,14+,15-,16+,17-,20-/m0/s1. The van der Waals surface area contributed by atoms with Gasteiger partial charge in [-0.05, 0) is 72.9 Å². The minimum absolute atomic E-state index is 0.0442. The van der Waals surface area contributed by atoms with E-state index in [1.54, 1.807) is 0 Å². The maximum Gasteiger partial charge on any atom is 0.192 e. The summed E-state index contributed by atoms with van der Waals surface area (Å²) in [6.45, 7) is 16.7. The van der Waals surface area contributed by atoms with Gasteiger partial charge in [0, 0.05) is 11.5 Å². The van der Waals surface area contributed by atoms with E-state index in [-0.39, 0.29) is 16.6 Å². The third kappa shape index (κ3) is 1.99.